The lowest BCUT2D eigenvalue weighted by Crippen LogP contribution is -2.32. The maximum Gasteiger partial charge on any atom is 0.374 e. The largest absolute Gasteiger partial charge is 0.477 e. The summed E-state index contributed by atoms with van der Waals surface area (Å²) in [6.07, 6.45) is -0.630. The van der Waals surface area contributed by atoms with Crippen LogP contribution in [0.1, 0.15) is 27.2 Å². The molecular formula is C7H12F2O2. The minimum Gasteiger partial charge on any atom is -0.477 e. The van der Waals surface area contributed by atoms with Crippen molar-refractivity contribution >= 4 is 5.97 Å². The molecule has 0 aromatic carbocycles. The van der Waals surface area contributed by atoms with E-state index in [0.29, 0.717) is 0 Å². The first-order chi connectivity index (χ1) is 4.65. The zero-order valence-electron chi connectivity index (χ0n) is 6.82. The van der Waals surface area contributed by atoms with E-state index in [1.165, 1.54) is 0 Å². The monoisotopic (exact) mass is 166 g/mol. The van der Waals surface area contributed by atoms with Gasteiger partial charge < -0.3 is 5.11 Å². The van der Waals surface area contributed by atoms with Crippen LogP contribution in [-0.2, 0) is 4.79 Å². The highest BCUT2D eigenvalue weighted by Crippen LogP contribution is 2.31. The topological polar surface area (TPSA) is 37.3 Å². The van der Waals surface area contributed by atoms with Crippen molar-refractivity contribution in [2.24, 2.45) is 5.41 Å². The van der Waals surface area contributed by atoms with Gasteiger partial charge in [0.15, 0.2) is 0 Å². The van der Waals surface area contributed by atoms with Crippen molar-refractivity contribution in [2.75, 3.05) is 0 Å². The lowest BCUT2D eigenvalue weighted by Gasteiger charge is -2.22. The molecule has 4 heteroatoms. The molecule has 66 valence electrons. The summed E-state index contributed by atoms with van der Waals surface area (Å²) in [6, 6.07) is 0. The summed E-state index contributed by atoms with van der Waals surface area (Å²) >= 11 is 0. The van der Waals surface area contributed by atoms with Crippen LogP contribution in [0, 0.1) is 5.41 Å². The Morgan fingerprint density at radius 3 is 1.82 bits per heavy atom. The van der Waals surface area contributed by atoms with E-state index >= 15 is 0 Å². The summed E-state index contributed by atoms with van der Waals surface area (Å²) in [5, 5.41) is 8.05. The molecule has 0 amide bonds. The normalized spacial score (nSPS) is 13.2. The van der Waals surface area contributed by atoms with Gasteiger partial charge in [0.25, 0.3) is 0 Å². The number of halogens is 2. The molecule has 11 heavy (non-hydrogen) atoms. The van der Waals surface area contributed by atoms with E-state index in [1.54, 1.807) is 20.8 Å². The molecule has 0 fully saturated rings. The molecule has 0 bridgehead atoms. The molecule has 2 nitrogen and oxygen atoms in total. The third-order valence-electron chi connectivity index (χ3n) is 1.07. The van der Waals surface area contributed by atoms with Gasteiger partial charge in [0.2, 0.25) is 0 Å². The van der Waals surface area contributed by atoms with Gasteiger partial charge in [-0.3, -0.25) is 0 Å². The van der Waals surface area contributed by atoms with Crippen LogP contribution in [0.4, 0.5) is 8.78 Å². The average Bonchev–Trinajstić information content (AvgIpc) is 1.56. The van der Waals surface area contributed by atoms with Crippen molar-refractivity contribution in [1.29, 1.82) is 0 Å². The summed E-state index contributed by atoms with van der Waals surface area (Å²) in [6.45, 7) is 4.72. The van der Waals surface area contributed by atoms with E-state index in [1.807, 2.05) is 0 Å². The Bertz CT molecular complexity index is 158. The van der Waals surface area contributed by atoms with Gasteiger partial charge in [-0.1, -0.05) is 20.8 Å². The Balaban J connectivity index is 4.25. The zero-order valence-corrected chi connectivity index (χ0v) is 6.82. The number of carbonyl (C=O) groups is 1. The number of hydrogen-bond donors (Lipinski definition) is 1. The molecule has 0 unspecified atom stereocenters. The molecule has 0 aromatic heterocycles. The second kappa shape index (κ2) is 2.75. The Kier molecular flexibility index (Phi) is 2.59. The SMILES string of the molecule is CC(C)(C)CC(F)(F)C(=O)O. The second-order valence-electron chi connectivity index (χ2n) is 3.75. The van der Waals surface area contributed by atoms with E-state index < -0.39 is 23.7 Å². The van der Waals surface area contributed by atoms with E-state index in [2.05, 4.69) is 0 Å². The fourth-order valence-electron chi connectivity index (χ4n) is 0.742. The van der Waals surface area contributed by atoms with Crippen LogP contribution in [0.15, 0.2) is 0 Å². The number of rotatable bonds is 2. The van der Waals surface area contributed by atoms with E-state index in [4.69, 9.17) is 5.11 Å². The van der Waals surface area contributed by atoms with Gasteiger partial charge in [0.1, 0.15) is 0 Å². The molecular weight excluding hydrogens is 154 g/mol. The predicted molar refractivity (Wildman–Crippen MR) is 36.7 cm³/mol. The molecule has 0 spiro atoms. The van der Waals surface area contributed by atoms with E-state index in [0.717, 1.165) is 0 Å². The smallest absolute Gasteiger partial charge is 0.374 e. The van der Waals surface area contributed by atoms with Crippen molar-refractivity contribution in [2.45, 2.75) is 33.1 Å². The lowest BCUT2D eigenvalue weighted by molar-refractivity contribution is -0.168. The predicted octanol–water partition coefficient (Wildman–Crippen LogP) is 2.14. The molecule has 0 saturated heterocycles. The molecule has 0 heterocycles. The highest BCUT2D eigenvalue weighted by Gasteiger charge is 2.42. The molecule has 0 aliphatic rings. The maximum absolute atomic E-state index is 12.4. The van der Waals surface area contributed by atoms with Gasteiger partial charge in [-0.25, -0.2) is 4.79 Å². The zero-order chi connectivity index (χ0) is 9.28. The quantitative estimate of drug-likeness (QED) is 0.682. The van der Waals surface area contributed by atoms with Gasteiger partial charge >= 0.3 is 11.9 Å². The number of aliphatic carboxylic acids is 1. The van der Waals surface area contributed by atoms with E-state index in [-0.39, 0.29) is 0 Å². The fraction of sp³-hybridized carbons (Fsp3) is 0.857. The maximum atomic E-state index is 12.4. The number of alkyl halides is 2. The van der Waals surface area contributed by atoms with Crippen molar-refractivity contribution in [3.63, 3.8) is 0 Å². The molecule has 0 saturated carbocycles. The molecule has 0 atom stereocenters. The van der Waals surface area contributed by atoms with Crippen LogP contribution < -0.4 is 0 Å². The molecule has 0 radical (unpaired) electrons. The van der Waals surface area contributed by atoms with Crippen LogP contribution in [0.5, 0.6) is 0 Å². The minimum absolute atomic E-state index is 0.630. The number of carboxylic acid groups (broad SMARTS) is 1. The molecule has 0 aliphatic heterocycles. The minimum atomic E-state index is -3.60. The third kappa shape index (κ3) is 3.91. The fourth-order valence-corrected chi connectivity index (χ4v) is 0.742. The first-order valence-electron chi connectivity index (χ1n) is 3.26. The average molecular weight is 166 g/mol. The molecule has 0 aromatic rings. The standard InChI is InChI=1S/C7H12F2O2/c1-6(2,3)4-7(8,9)5(10)11/h4H2,1-3H3,(H,10,11). The van der Waals surface area contributed by atoms with Crippen LogP contribution in [0.3, 0.4) is 0 Å². The van der Waals surface area contributed by atoms with Gasteiger partial charge in [-0.2, -0.15) is 8.78 Å². The Morgan fingerprint density at radius 1 is 1.36 bits per heavy atom. The van der Waals surface area contributed by atoms with E-state index in [9.17, 15) is 13.6 Å². The number of hydrogen-bond acceptors (Lipinski definition) is 1. The Morgan fingerprint density at radius 2 is 1.73 bits per heavy atom. The summed E-state index contributed by atoms with van der Waals surface area (Å²) in [5.74, 6) is -5.65. The Labute approximate surface area is 64.2 Å². The van der Waals surface area contributed by atoms with Crippen molar-refractivity contribution in [3.8, 4) is 0 Å². The van der Waals surface area contributed by atoms with Crippen LogP contribution in [0.2, 0.25) is 0 Å². The van der Waals surface area contributed by atoms with Crippen LogP contribution in [0.25, 0.3) is 0 Å². The summed E-state index contributed by atoms with van der Waals surface area (Å²) in [4.78, 5) is 9.95. The van der Waals surface area contributed by atoms with Gasteiger partial charge in [0.05, 0.1) is 0 Å². The highest BCUT2D eigenvalue weighted by atomic mass is 19.3. The van der Waals surface area contributed by atoms with Crippen LogP contribution in [-0.4, -0.2) is 17.0 Å². The van der Waals surface area contributed by atoms with Gasteiger partial charge in [-0.15, -0.1) is 0 Å². The second-order valence-corrected chi connectivity index (χ2v) is 3.75. The van der Waals surface area contributed by atoms with Gasteiger partial charge in [-0.05, 0) is 5.41 Å². The Hall–Kier alpha value is -0.670. The van der Waals surface area contributed by atoms with Crippen molar-refractivity contribution in [3.05, 3.63) is 0 Å². The van der Waals surface area contributed by atoms with Crippen LogP contribution >= 0.6 is 0 Å². The summed E-state index contributed by atoms with van der Waals surface area (Å²) < 4.78 is 24.9. The third-order valence-corrected chi connectivity index (χ3v) is 1.07. The van der Waals surface area contributed by atoms with Crippen molar-refractivity contribution in [1.82, 2.24) is 0 Å². The highest BCUT2D eigenvalue weighted by molar-refractivity contribution is 5.75. The van der Waals surface area contributed by atoms with Gasteiger partial charge in [0, 0.05) is 6.42 Å². The summed E-state index contributed by atoms with van der Waals surface area (Å²) in [5.41, 5.74) is -0.665. The first kappa shape index (κ1) is 10.3. The lowest BCUT2D eigenvalue weighted by atomic mass is 9.89. The molecule has 1 N–H and O–H groups in total. The molecule has 0 aliphatic carbocycles. The first-order valence-corrected chi connectivity index (χ1v) is 3.26. The molecule has 0 rings (SSSR count). The summed E-state index contributed by atoms with van der Waals surface area (Å²) in [7, 11) is 0. The van der Waals surface area contributed by atoms with Crippen molar-refractivity contribution < 1.29 is 18.7 Å². The number of carboxylic acids is 1.